The van der Waals surface area contributed by atoms with Crippen molar-refractivity contribution in [1.82, 2.24) is 15.5 Å². The summed E-state index contributed by atoms with van der Waals surface area (Å²) >= 11 is 0. The lowest BCUT2D eigenvalue weighted by Crippen LogP contribution is -2.52. The largest absolute Gasteiger partial charge is 0.480 e. The molecule has 98 valence electrons. The summed E-state index contributed by atoms with van der Waals surface area (Å²) in [7, 11) is 0. The number of hydrogen-bond donors (Lipinski definition) is 3. The van der Waals surface area contributed by atoms with E-state index in [0.29, 0.717) is 19.4 Å². The number of hydrogen-bond acceptors (Lipinski definition) is 3. The molecule has 1 rings (SSSR count). The fraction of sp³-hybridized carbons (Fsp3) is 0.545. The lowest BCUT2D eigenvalue weighted by Gasteiger charge is -2.26. The Kier molecular flexibility index (Phi) is 4.99. The molecule has 0 aromatic rings. The van der Waals surface area contributed by atoms with Gasteiger partial charge >= 0.3 is 12.0 Å². The van der Waals surface area contributed by atoms with E-state index >= 15 is 0 Å². The Labute approximate surface area is 105 Å². The van der Waals surface area contributed by atoms with Gasteiger partial charge in [-0.2, -0.15) is 0 Å². The van der Waals surface area contributed by atoms with Crippen LogP contribution in [-0.2, 0) is 9.59 Å². The third kappa shape index (κ3) is 4.33. The molecule has 1 heterocycles. The highest BCUT2D eigenvalue weighted by molar-refractivity contribution is 5.81. The summed E-state index contributed by atoms with van der Waals surface area (Å²) in [4.78, 5) is 34.3. The third-order valence-corrected chi connectivity index (χ3v) is 2.49. The zero-order valence-electron chi connectivity index (χ0n) is 9.81. The van der Waals surface area contributed by atoms with Crippen molar-refractivity contribution in [3.8, 4) is 12.3 Å². The first-order chi connectivity index (χ1) is 8.52. The molecule has 1 saturated heterocycles. The lowest BCUT2D eigenvalue weighted by molar-refractivity contribution is -0.137. The van der Waals surface area contributed by atoms with Crippen LogP contribution in [0.4, 0.5) is 4.79 Å². The molecule has 0 spiro atoms. The number of carbonyl (C=O) groups is 3. The fourth-order valence-electron chi connectivity index (χ4n) is 1.59. The minimum Gasteiger partial charge on any atom is -0.480 e. The first kappa shape index (κ1) is 13.8. The standard InChI is InChI=1S/C11H15N3O4/c1-2-5-14(7-10(16)17)11(18)13-8-3-4-9(15)12-6-8/h1,8H,3-7H2,(H,12,15)(H,13,18)(H,16,17). The molecule has 0 aliphatic carbocycles. The molecule has 0 saturated carbocycles. The van der Waals surface area contributed by atoms with Crippen molar-refractivity contribution in [3.05, 3.63) is 0 Å². The van der Waals surface area contributed by atoms with Crippen LogP contribution >= 0.6 is 0 Å². The fourth-order valence-corrected chi connectivity index (χ4v) is 1.59. The van der Waals surface area contributed by atoms with Crippen LogP contribution in [0.15, 0.2) is 0 Å². The average Bonchev–Trinajstić information content (AvgIpc) is 2.31. The monoisotopic (exact) mass is 253 g/mol. The van der Waals surface area contributed by atoms with Crippen LogP contribution in [0.5, 0.6) is 0 Å². The zero-order valence-corrected chi connectivity index (χ0v) is 9.81. The van der Waals surface area contributed by atoms with Gasteiger partial charge < -0.3 is 20.6 Å². The van der Waals surface area contributed by atoms with E-state index in [1.807, 2.05) is 0 Å². The number of nitrogens with zero attached hydrogens (tertiary/aromatic N) is 1. The molecule has 3 N–H and O–H groups in total. The predicted octanol–water partition coefficient (Wildman–Crippen LogP) is -1.01. The van der Waals surface area contributed by atoms with Gasteiger partial charge in [0.2, 0.25) is 5.91 Å². The number of nitrogens with one attached hydrogen (secondary N) is 2. The topological polar surface area (TPSA) is 98.7 Å². The second kappa shape index (κ2) is 6.49. The SMILES string of the molecule is C#CCN(CC(=O)O)C(=O)NC1CCC(=O)NC1. The summed E-state index contributed by atoms with van der Waals surface area (Å²) < 4.78 is 0. The Hall–Kier alpha value is -2.23. The average molecular weight is 253 g/mol. The number of carboxylic acid groups (broad SMARTS) is 1. The van der Waals surface area contributed by atoms with E-state index in [1.165, 1.54) is 0 Å². The van der Waals surface area contributed by atoms with Gasteiger partial charge in [0.25, 0.3) is 0 Å². The van der Waals surface area contributed by atoms with Gasteiger partial charge in [-0.15, -0.1) is 6.42 Å². The van der Waals surface area contributed by atoms with Crippen molar-refractivity contribution in [2.24, 2.45) is 0 Å². The molecule has 1 unspecified atom stereocenters. The minimum atomic E-state index is -1.13. The maximum atomic E-state index is 11.8. The third-order valence-electron chi connectivity index (χ3n) is 2.49. The molecule has 1 fully saturated rings. The van der Waals surface area contributed by atoms with Gasteiger partial charge in [0.1, 0.15) is 6.54 Å². The second-order valence-corrected chi connectivity index (χ2v) is 3.94. The van der Waals surface area contributed by atoms with E-state index in [0.717, 1.165) is 4.90 Å². The van der Waals surface area contributed by atoms with Gasteiger partial charge in [-0.1, -0.05) is 5.92 Å². The number of carboxylic acids is 1. The highest BCUT2D eigenvalue weighted by Crippen LogP contribution is 2.03. The highest BCUT2D eigenvalue weighted by atomic mass is 16.4. The number of aliphatic carboxylic acids is 1. The highest BCUT2D eigenvalue weighted by Gasteiger charge is 2.22. The van der Waals surface area contributed by atoms with Crippen LogP contribution < -0.4 is 10.6 Å². The van der Waals surface area contributed by atoms with Crippen LogP contribution in [0, 0.1) is 12.3 Å². The molecule has 3 amide bonds. The molecule has 0 aromatic heterocycles. The summed E-state index contributed by atoms with van der Waals surface area (Å²) in [5, 5.41) is 13.9. The van der Waals surface area contributed by atoms with E-state index < -0.39 is 18.5 Å². The maximum absolute atomic E-state index is 11.8. The van der Waals surface area contributed by atoms with Crippen LogP contribution in [0.3, 0.4) is 0 Å². The first-order valence-electron chi connectivity index (χ1n) is 5.50. The second-order valence-electron chi connectivity index (χ2n) is 3.94. The molecule has 1 aliphatic heterocycles. The molecular formula is C11H15N3O4. The van der Waals surface area contributed by atoms with Gasteiger partial charge in [0.05, 0.1) is 6.54 Å². The number of piperidine rings is 1. The smallest absolute Gasteiger partial charge is 0.323 e. The Bertz CT molecular complexity index is 378. The van der Waals surface area contributed by atoms with Gasteiger partial charge in [-0.3, -0.25) is 9.59 Å². The van der Waals surface area contributed by atoms with Crippen LogP contribution in [0.1, 0.15) is 12.8 Å². The number of rotatable bonds is 4. The summed E-state index contributed by atoms with van der Waals surface area (Å²) in [5.41, 5.74) is 0. The predicted molar refractivity (Wildman–Crippen MR) is 62.6 cm³/mol. The van der Waals surface area contributed by atoms with E-state index in [-0.39, 0.29) is 18.5 Å². The van der Waals surface area contributed by atoms with E-state index in [4.69, 9.17) is 11.5 Å². The zero-order chi connectivity index (χ0) is 13.5. The Morgan fingerprint density at radius 2 is 2.33 bits per heavy atom. The molecular weight excluding hydrogens is 238 g/mol. The Balaban J connectivity index is 2.48. The van der Waals surface area contributed by atoms with Crippen molar-refractivity contribution in [2.45, 2.75) is 18.9 Å². The Morgan fingerprint density at radius 1 is 1.61 bits per heavy atom. The normalized spacial score (nSPS) is 18.4. The van der Waals surface area contributed by atoms with Crippen molar-refractivity contribution in [3.63, 3.8) is 0 Å². The van der Waals surface area contributed by atoms with Crippen molar-refractivity contribution < 1.29 is 19.5 Å². The van der Waals surface area contributed by atoms with Crippen molar-refractivity contribution >= 4 is 17.9 Å². The molecule has 0 radical (unpaired) electrons. The van der Waals surface area contributed by atoms with E-state index in [1.54, 1.807) is 0 Å². The summed E-state index contributed by atoms with van der Waals surface area (Å²) in [6, 6.07) is -0.722. The molecule has 0 bridgehead atoms. The number of amides is 3. The molecule has 7 heteroatoms. The van der Waals surface area contributed by atoms with Gasteiger partial charge in [0, 0.05) is 19.0 Å². The molecule has 1 atom stereocenters. The lowest BCUT2D eigenvalue weighted by atomic mass is 10.1. The first-order valence-corrected chi connectivity index (χ1v) is 5.50. The minimum absolute atomic E-state index is 0.0495. The van der Waals surface area contributed by atoms with Crippen molar-refractivity contribution in [1.29, 1.82) is 0 Å². The van der Waals surface area contributed by atoms with Crippen LogP contribution in [-0.4, -0.2) is 53.6 Å². The van der Waals surface area contributed by atoms with Crippen LogP contribution in [0.2, 0.25) is 0 Å². The quantitative estimate of drug-likeness (QED) is 0.559. The van der Waals surface area contributed by atoms with Gasteiger partial charge in [-0.25, -0.2) is 4.79 Å². The molecule has 18 heavy (non-hydrogen) atoms. The summed E-state index contributed by atoms with van der Waals surface area (Å²) in [6.07, 6.45) is 5.96. The molecule has 7 nitrogen and oxygen atoms in total. The van der Waals surface area contributed by atoms with Crippen LogP contribution in [0.25, 0.3) is 0 Å². The van der Waals surface area contributed by atoms with E-state index in [9.17, 15) is 14.4 Å². The van der Waals surface area contributed by atoms with Gasteiger partial charge in [-0.05, 0) is 6.42 Å². The summed E-state index contributed by atoms with van der Waals surface area (Å²) in [5.74, 6) is 1.05. The number of terminal acetylenes is 1. The summed E-state index contributed by atoms with van der Waals surface area (Å²) in [6.45, 7) is -0.173. The molecule has 1 aliphatic rings. The Morgan fingerprint density at radius 3 is 2.83 bits per heavy atom. The maximum Gasteiger partial charge on any atom is 0.323 e. The van der Waals surface area contributed by atoms with Gasteiger partial charge in [0.15, 0.2) is 0 Å². The van der Waals surface area contributed by atoms with Crippen molar-refractivity contribution in [2.75, 3.05) is 19.6 Å². The number of urea groups is 1. The van der Waals surface area contributed by atoms with E-state index in [2.05, 4.69) is 16.6 Å². The molecule has 0 aromatic carbocycles. The number of carbonyl (C=O) groups excluding carboxylic acids is 2.